The summed E-state index contributed by atoms with van der Waals surface area (Å²) in [6, 6.07) is 0. The second kappa shape index (κ2) is 12.0. The minimum absolute atomic E-state index is 0. The normalized spacial score (nSPS) is 16.9. The maximum absolute atomic E-state index is 4.54. The maximum Gasteiger partial charge on any atom is 0.201 e. The number of hydrogen-bond donors (Lipinski definition) is 2. The first-order valence-corrected chi connectivity index (χ1v) is 8.76. The summed E-state index contributed by atoms with van der Waals surface area (Å²) in [6.45, 7) is 6.96. The van der Waals surface area contributed by atoms with Gasteiger partial charge in [-0.1, -0.05) is 51.9 Å². The smallest absolute Gasteiger partial charge is 0.201 e. The average molecular weight is 421 g/mol. The van der Waals surface area contributed by atoms with Gasteiger partial charge in [0.25, 0.3) is 0 Å². The van der Waals surface area contributed by atoms with Crippen LogP contribution in [0.5, 0.6) is 0 Å². The zero-order valence-electron chi connectivity index (χ0n) is 13.9. The molecule has 22 heavy (non-hydrogen) atoms. The molecule has 0 aromatic heterocycles. The van der Waals surface area contributed by atoms with Crippen molar-refractivity contribution in [2.24, 2.45) is 9.98 Å². The van der Waals surface area contributed by atoms with E-state index in [0.717, 1.165) is 44.6 Å². The van der Waals surface area contributed by atoms with E-state index >= 15 is 0 Å². The Labute approximate surface area is 152 Å². The maximum atomic E-state index is 4.54. The fraction of sp³-hybridized carbons (Fsp3) is 0.875. The van der Waals surface area contributed by atoms with Gasteiger partial charge in [0.2, 0.25) is 11.9 Å². The Bertz CT molecular complexity index is 356. The lowest BCUT2D eigenvalue weighted by Gasteiger charge is -2.20. The molecule has 0 fully saturated rings. The third-order valence-corrected chi connectivity index (χ3v) is 4.07. The van der Waals surface area contributed by atoms with E-state index in [1.54, 1.807) is 0 Å². The average Bonchev–Trinajstić information content (AvgIpc) is 3.16. The van der Waals surface area contributed by atoms with Crippen LogP contribution in [0.25, 0.3) is 0 Å². The van der Waals surface area contributed by atoms with Gasteiger partial charge in [0, 0.05) is 19.6 Å². The number of nitrogens with one attached hydrogen (secondary N) is 2. The summed E-state index contributed by atoms with van der Waals surface area (Å²) >= 11 is 0. The summed E-state index contributed by atoms with van der Waals surface area (Å²) in [6.07, 6.45) is 10.9. The van der Waals surface area contributed by atoms with Crippen molar-refractivity contribution in [3.8, 4) is 0 Å². The highest BCUT2D eigenvalue weighted by Gasteiger charge is 2.23. The molecule has 0 spiro atoms. The first kappa shape index (κ1) is 19.5. The number of guanidine groups is 2. The van der Waals surface area contributed by atoms with Crippen molar-refractivity contribution in [3.05, 3.63) is 0 Å². The van der Waals surface area contributed by atoms with Crippen LogP contribution in [0.4, 0.5) is 0 Å². The molecule has 128 valence electrons. The highest BCUT2D eigenvalue weighted by molar-refractivity contribution is 14.0. The third-order valence-electron chi connectivity index (χ3n) is 4.07. The predicted octanol–water partition coefficient (Wildman–Crippen LogP) is 2.97. The largest absolute Gasteiger partial charge is 0.356 e. The first-order valence-electron chi connectivity index (χ1n) is 8.76. The SMILES string of the molecule is CCCCCCCCCCNC1=NCCN1C1=NCCN1.I. The van der Waals surface area contributed by atoms with E-state index in [1.165, 1.54) is 51.4 Å². The zero-order chi connectivity index (χ0) is 14.8. The van der Waals surface area contributed by atoms with Gasteiger partial charge in [-0.2, -0.15) is 0 Å². The fourth-order valence-electron chi connectivity index (χ4n) is 2.83. The molecule has 0 amide bonds. The standard InChI is InChI=1S/C16H31N5.HI/c1-2-3-4-5-6-7-8-9-10-17-15-20-13-14-21(15)16-18-11-12-19-16;/h2-14H2,1H3,(H,17,20)(H,18,19);1H. The van der Waals surface area contributed by atoms with E-state index in [9.17, 15) is 0 Å². The second-order valence-electron chi connectivity index (χ2n) is 5.89. The van der Waals surface area contributed by atoms with E-state index in [0.29, 0.717) is 0 Å². The Morgan fingerprint density at radius 1 is 1.00 bits per heavy atom. The van der Waals surface area contributed by atoms with Crippen molar-refractivity contribution in [1.82, 2.24) is 15.5 Å². The van der Waals surface area contributed by atoms with Crippen LogP contribution < -0.4 is 10.6 Å². The van der Waals surface area contributed by atoms with E-state index < -0.39 is 0 Å². The molecule has 2 aliphatic rings. The van der Waals surface area contributed by atoms with Crippen molar-refractivity contribution in [3.63, 3.8) is 0 Å². The van der Waals surface area contributed by atoms with Crippen LogP contribution in [-0.4, -0.2) is 49.5 Å². The highest BCUT2D eigenvalue weighted by Crippen LogP contribution is 2.08. The molecule has 2 aliphatic heterocycles. The molecule has 0 unspecified atom stereocenters. The van der Waals surface area contributed by atoms with E-state index in [4.69, 9.17) is 0 Å². The number of unbranched alkanes of at least 4 members (excludes halogenated alkanes) is 7. The summed E-state index contributed by atoms with van der Waals surface area (Å²) in [4.78, 5) is 11.2. The molecular weight excluding hydrogens is 389 g/mol. The molecule has 2 rings (SSSR count). The van der Waals surface area contributed by atoms with Crippen LogP contribution in [0.2, 0.25) is 0 Å². The van der Waals surface area contributed by atoms with Crippen LogP contribution in [0, 0.1) is 0 Å². The summed E-state index contributed by atoms with van der Waals surface area (Å²) in [5.41, 5.74) is 0. The quantitative estimate of drug-likeness (QED) is 0.445. The monoisotopic (exact) mass is 421 g/mol. The number of halogens is 1. The molecule has 0 aliphatic carbocycles. The molecule has 6 heteroatoms. The van der Waals surface area contributed by atoms with Gasteiger partial charge in [-0.15, -0.1) is 24.0 Å². The molecule has 0 saturated carbocycles. The molecule has 0 atom stereocenters. The third kappa shape index (κ3) is 6.71. The molecule has 2 N–H and O–H groups in total. The van der Waals surface area contributed by atoms with E-state index in [-0.39, 0.29) is 24.0 Å². The molecule has 5 nitrogen and oxygen atoms in total. The summed E-state index contributed by atoms with van der Waals surface area (Å²) in [5.74, 6) is 2.00. The molecule has 0 bridgehead atoms. The highest BCUT2D eigenvalue weighted by atomic mass is 127. The Morgan fingerprint density at radius 2 is 1.73 bits per heavy atom. The number of aliphatic imine (C=N–C) groups is 2. The van der Waals surface area contributed by atoms with Gasteiger partial charge in [0.15, 0.2) is 0 Å². The molecule has 0 aromatic carbocycles. The van der Waals surface area contributed by atoms with Gasteiger partial charge < -0.3 is 10.6 Å². The lowest BCUT2D eigenvalue weighted by molar-refractivity contribution is 0.564. The Hall–Kier alpha value is -0.530. The summed E-state index contributed by atoms with van der Waals surface area (Å²) < 4.78 is 0. The van der Waals surface area contributed by atoms with Crippen molar-refractivity contribution >= 4 is 35.9 Å². The summed E-state index contributed by atoms with van der Waals surface area (Å²) in [7, 11) is 0. The second-order valence-corrected chi connectivity index (χ2v) is 5.89. The van der Waals surface area contributed by atoms with Crippen molar-refractivity contribution in [2.45, 2.75) is 58.3 Å². The fourth-order valence-corrected chi connectivity index (χ4v) is 2.83. The first-order chi connectivity index (χ1) is 10.4. The molecule has 0 radical (unpaired) electrons. The van der Waals surface area contributed by atoms with Gasteiger partial charge in [0.1, 0.15) is 0 Å². The molecule has 0 saturated heterocycles. The molecular formula is C16H32IN5. The Kier molecular flexibility index (Phi) is 10.6. The van der Waals surface area contributed by atoms with Crippen LogP contribution in [-0.2, 0) is 0 Å². The van der Waals surface area contributed by atoms with Gasteiger partial charge in [-0.05, 0) is 6.42 Å². The van der Waals surface area contributed by atoms with Crippen LogP contribution in [0.3, 0.4) is 0 Å². The zero-order valence-corrected chi connectivity index (χ0v) is 16.3. The van der Waals surface area contributed by atoms with E-state index in [2.05, 4.69) is 32.4 Å². The van der Waals surface area contributed by atoms with Crippen molar-refractivity contribution in [2.75, 3.05) is 32.7 Å². The lowest BCUT2D eigenvalue weighted by atomic mass is 10.1. The van der Waals surface area contributed by atoms with Crippen LogP contribution in [0.15, 0.2) is 9.98 Å². The molecule has 0 aromatic rings. The number of nitrogens with zero attached hydrogens (tertiary/aromatic N) is 3. The Morgan fingerprint density at radius 3 is 2.41 bits per heavy atom. The lowest BCUT2D eigenvalue weighted by Crippen LogP contribution is -2.46. The van der Waals surface area contributed by atoms with Crippen molar-refractivity contribution < 1.29 is 0 Å². The van der Waals surface area contributed by atoms with Crippen LogP contribution in [0.1, 0.15) is 58.3 Å². The number of rotatable bonds is 9. The predicted molar refractivity (Wildman–Crippen MR) is 105 cm³/mol. The van der Waals surface area contributed by atoms with Crippen LogP contribution >= 0.6 is 24.0 Å². The van der Waals surface area contributed by atoms with E-state index in [1.807, 2.05) is 0 Å². The summed E-state index contributed by atoms with van der Waals surface area (Å²) in [5, 5.41) is 6.79. The topological polar surface area (TPSA) is 52.0 Å². The van der Waals surface area contributed by atoms with Gasteiger partial charge in [0.05, 0.1) is 13.1 Å². The van der Waals surface area contributed by atoms with Crippen molar-refractivity contribution in [1.29, 1.82) is 0 Å². The number of hydrogen-bond acceptors (Lipinski definition) is 5. The van der Waals surface area contributed by atoms with Gasteiger partial charge >= 0.3 is 0 Å². The van der Waals surface area contributed by atoms with Gasteiger partial charge in [-0.25, -0.2) is 0 Å². The van der Waals surface area contributed by atoms with Gasteiger partial charge in [-0.3, -0.25) is 14.9 Å². The molecule has 2 heterocycles. The minimum atomic E-state index is 0. The minimum Gasteiger partial charge on any atom is -0.356 e. The Balaban J connectivity index is 0.00000242.